The Labute approximate surface area is 119 Å². The highest BCUT2D eigenvalue weighted by atomic mass is 79.9. The Morgan fingerprint density at radius 2 is 1.38 bits per heavy atom. The molecule has 1 nitrogen and oxygen atoms in total. The molecular formula is C12H7Br3O. The molecule has 0 atom stereocenters. The van der Waals surface area contributed by atoms with E-state index in [0.717, 1.165) is 24.9 Å². The SMILES string of the molecule is Brc1cc(Br)c(Oc2ccccc2)c(Br)c1. The van der Waals surface area contributed by atoms with E-state index in [4.69, 9.17) is 4.74 Å². The molecule has 0 bridgehead atoms. The zero-order valence-corrected chi connectivity index (χ0v) is 12.8. The molecule has 16 heavy (non-hydrogen) atoms. The largest absolute Gasteiger partial charge is 0.455 e. The van der Waals surface area contributed by atoms with Crippen LogP contribution < -0.4 is 4.74 Å². The van der Waals surface area contributed by atoms with Crippen LogP contribution in [0.2, 0.25) is 0 Å². The van der Waals surface area contributed by atoms with Crippen LogP contribution in [0.25, 0.3) is 0 Å². The molecule has 0 unspecified atom stereocenters. The van der Waals surface area contributed by atoms with Crippen molar-refractivity contribution >= 4 is 47.8 Å². The second kappa shape index (κ2) is 5.34. The minimum Gasteiger partial charge on any atom is -0.455 e. The van der Waals surface area contributed by atoms with E-state index in [1.165, 1.54) is 0 Å². The summed E-state index contributed by atoms with van der Waals surface area (Å²) in [6, 6.07) is 13.6. The normalized spacial score (nSPS) is 10.2. The molecule has 0 aromatic heterocycles. The first kappa shape index (κ1) is 12.1. The van der Waals surface area contributed by atoms with Crippen molar-refractivity contribution in [2.45, 2.75) is 0 Å². The van der Waals surface area contributed by atoms with Crippen molar-refractivity contribution in [3.8, 4) is 11.5 Å². The number of benzene rings is 2. The van der Waals surface area contributed by atoms with Crippen LogP contribution in [0, 0.1) is 0 Å². The average molecular weight is 407 g/mol. The zero-order valence-electron chi connectivity index (χ0n) is 8.08. The summed E-state index contributed by atoms with van der Waals surface area (Å²) in [5.41, 5.74) is 0. The van der Waals surface area contributed by atoms with Crippen LogP contribution >= 0.6 is 47.8 Å². The fourth-order valence-electron chi connectivity index (χ4n) is 1.23. The molecule has 2 aromatic rings. The predicted molar refractivity (Wildman–Crippen MR) is 76.1 cm³/mol. The van der Waals surface area contributed by atoms with E-state index in [0.29, 0.717) is 0 Å². The third kappa shape index (κ3) is 2.87. The molecular weight excluding hydrogens is 400 g/mol. The van der Waals surface area contributed by atoms with Crippen molar-refractivity contribution in [1.82, 2.24) is 0 Å². The van der Waals surface area contributed by atoms with Gasteiger partial charge in [0.15, 0.2) is 5.75 Å². The lowest BCUT2D eigenvalue weighted by atomic mass is 10.3. The van der Waals surface area contributed by atoms with Crippen molar-refractivity contribution in [2.24, 2.45) is 0 Å². The number of rotatable bonds is 2. The minimum absolute atomic E-state index is 0.773. The molecule has 0 aliphatic carbocycles. The van der Waals surface area contributed by atoms with Gasteiger partial charge in [0.05, 0.1) is 8.95 Å². The van der Waals surface area contributed by atoms with Crippen LogP contribution in [-0.2, 0) is 0 Å². The van der Waals surface area contributed by atoms with E-state index >= 15 is 0 Å². The van der Waals surface area contributed by atoms with E-state index in [1.54, 1.807) is 0 Å². The zero-order chi connectivity index (χ0) is 11.5. The Hall–Kier alpha value is -0.320. The molecule has 4 heteroatoms. The van der Waals surface area contributed by atoms with Gasteiger partial charge >= 0.3 is 0 Å². The smallest absolute Gasteiger partial charge is 0.155 e. The molecule has 0 saturated carbocycles. The molecule has 82 valence electrons. The van der Waals surface area contributed by atoms with Gasteiger partial charge in [-0.25, -0.2) is 0 Å². The van der Waals surface area contributed by atoms with Crippen molar-refractivity contribution in [1.29, 1.82) is 0 Å². The minimum atomic E-state index is 0.773. The highest BCUT2D eigenvalue weighted by molar-refractivity contribution is 9.11. The highest BCUT2D eigenvalue weighted by Crippen LogP contribution is 2.38. The first-order valence-corrected chi connectivity index (χ1v) is 6.92. The lowest BCUT2D eigenvalue weighted by Crippen LogP contribution is -1.86. The number of hydrogen-bond acceptors (Lipinski definition) is 1. The molecule has 0 amide bonds. The van der Waals surface area contributed by atoms with Gasteiger partial charge in [0.2, 0.25) is 0 Å². The maximum atomic E-state index is 5.78. The highest BCUT2D eigenvalue weighted by Gasteiger charge is 2.08. The van der Waals surface area contributed by atoms with Gasteiger partial charge in [0.25, 0.3) is 0 Å². The van der Waals surface area contributed by atoms with Gasteiger partial charge in [0, 0.05) is 4.47 Å². The Morgan fingerprint density at radius 1 is 0.812 bits per heavy atom. The Bertz CT molecular complexity index is 474. The summed E-state index contributed by atoms with van der Waals surface area (Å²) in [4.78, 5) is 0. The predicted octanol–water partition coefficient (Wildman–Crippen LogP) is 5.77. The molecule has 0 aliphatic rings. The van der Waals surface area contributed by atoms with Crippen LogP contribution in [0.3, 0.4) is 0 Å². The first-order valence-electron chi connectivity index (χ1n) is 4.54. The van der Waals surface area contributed by atoms with Crippen LogP contribution in [0.5, 0.6) is 11.5 Å². The summed E-state index contributed by atoms with van der Waals surface area (Å²) in [6.07, 6.45) is 0. The standard InChI is InChI=1S/C12H7Br3O/c13-8-6-10(14)12(11(15)7-8)16-9-4-2-1-3-5-9/h1-7H. The van der Waals surface area contributed by atoms with E-state index < -0.39 is 0 Å². The van der Waals surface area contributed by atoms with Crippen LogP contribution in [0.4, 0.5) is 0 Å². The van der Waals surface area contributed by atoms with Crippen LogP contribution in [0.1, 0.15) is 0 Å². The third-order valence-corrected chi connectivity index (χ3v) is 3.56. The molecule has 0 aliphatic heterocycles. The molecule has 0 saturated heterocycles. The number of halogens is 3. The molecule has 0 N–H and O–H groups in total. The second-order valence-corrected chi connectivity index (χ2v) is 5.74. The second-order valence-electron chi connectivity index (χ2n) is 3.11. The quantitative estimate of drug-likeness (QED) is 0.615. The summed E-state index contributed by atoms with van der Waals surface area (Å²) < 4.78 is 8.57. The maximum absolute atomic E-state index is 5.78. The van der Waals surface area contributed by atoms with Gasteiger partial charge in [-0.15, -0.1) is 0 Å². The van der Waals surface area contributed by atoms with Gasteiger partial charge in [-0.1, -0.05) is 34.1 Å². The van der Waals surface area contributed by atoms with Crippen molar-refractivity contribution in [2.75, 3.05) is 0 Å². The number of ether oxygens (including phenoxy) is 1. The Balaban J connectivity index is 2.35. The van der Waals surface area contributed by atoms with Gasteiger partial charge < -0.3 is 4.74 Å². The first-order chi connectivity index (χ1) is 7.66. The van der Waals surface area contributed by atoms with Gasteiger partial charge in [-0.05, 0) is 56.1 Å². The lowest BCUT2D eigenvalue weighted by molar-refractivity contribution is 0.476. The summed E-state index contributed by atoms with van der Waals surface area (Å²) in [5, 5.41) is 0. The molecule has 2 aromatic carbocycles. The third-order valence-electron chi connectivity index (χ3n) is 1.93. The van der Waals surface area contributed by atoms with Crippen molar-refractivity contribution in [3.05, 3.63) is 55.9 Å². The molecule has 0 fully saturated rings. The van der Waals surface area contributed by atoms with E-state index in [9.17, 15) is 0 Å². The Kier molecular flexibility index (Phi) is 4.05. The Morgan fingerprint density at radius 3 is 1.94 bits per heavy atom. The molecule has 0 heterocycles. The topological polar surface area (TPSA) is 9.23 Å². The molecule has 0 radical (unpaired) electrons. The lowest BCUT2D eigenvalue weighted by Gasteiger charge is -2.10. The fourth-order valence-corrected chi connectivity index (χ4v) is 3.65. The van der Waals surface area contributed by atoms with Crippen LogP contribution in [0.15, 0.2) is 55.9 Å². The monoisotopic (exact) mass is 404 g/mol. The van der Waals surface area contributed by atoms with Gasteiger partial charge in [0.1, 0.15) is 5.75 Å². The van der Waals surface area contributed by atoms with Crippen LogP contribution in [-0.4, -0.2) is 0 Å². The fraction of sp³-hybridized carbons (Fsp3) is 0. The van der Waals surface area contributed by atoms with E-state index in [1.807, 2.05) is 42.5 Å². The van der Waals surface area contributed by atoms with Gasteiger partial charge in [-0.2, -0.15) is 0 Å². The summed E-state index contributed by atoms with van der Waals surface area (Å²) >= 11 is 10.4. The maximum Gasteiger partial charge on any atom is 0.155 e. The van der Waals surface area contributed by atoms with E-state index in [-0.39, 0.29) is 0 Å². The molecule has 2 rings (SSSR count). The molecule has 0 spiro atoms. The average Bonchev–Trinajstić information content (AvgIpc) is 2.25. The van der Waals surface area contributed by atoms with E-state index in [2.05, 4.69) is 47.8 Å². The van der Waals surface area contributed by atoms with Crippen molar-refractivity contribution in [3.63, 3.8) is 0 Å². The summed E-state index contributed by atoms with van der Waals surface area (Å²) in [6.45, 7) is 0. The number of para-hydroxylation sites is 1. The number of hydrogen-bond donors (Lipinski definition) is 0. The van der Waals surface area contributed by atoms with Gasteiger partial charge in [-0.3, -0.25) is 0 Å². The summed E-state index contributed by atoms with van der Waals surface area (Å²) in [5.74, 6) is 1.58. The van der Waals surface area contributed by atoms with Crippen molar-refractivity contribution < 1.29 is 4.74 Å². The summed E-state index contributed by atoms with van der Waals surface area (Å²) in [7, 11) is 0.